The minimum Gasteiger partial charge on any atom is -0.495 e. The van der Waals surface area contributed by atoms with E-state index in [0.717, 1.165) is 65.5 Å². The topological polar surface area (TPSA) is 70.8 Å². The number of carbonyl (C=O) groups is 1. The molecular weight excluding hydrogens is 440 g/mol. The second-order valence-electron chi connectivity index (χ2n) is 9.37. The summed E-state index contributed by atoms with van der Waals surface area (Å²) < 4.78 is 11.5. The number of fused-ring (bicyclic) bond motifs is 2. The number of rotatable bonds is 5. The highest BCUT2D eigenvalue weighted by atomic mass is 16.5. The van der Waals surface area contributed by atoms with Gasteiger partial charge in [0.05, 0.1) is 29.4 Å². The van der Waals surface area contributed by atoms with Crippen molar-refractivity contribution in [2.24, 2.45) is 0 Å². The van der Waals surface area contributed by atoms with Gasteiger partial charge in [-0.3, -0.25) is 4.79 Å². The zero-order chi connectivity index (χ0) is 24.1. The largest absolute Gasteiger partial charge is 0.495 e. The van der Waals surface area contributed by atoms with E-state index in [2.05, 4.69) is 46.3 Å². The Kier molecular flexibility index (Phi) is 5.13. The van der Waals surface area contributed by atoms with Gasteiger partial charge in [-0.25, -0.2) is 0 Å². The van der Waals surface area contributed by atoms with E-state index in [-0.39, 0.29) is 11.8 Å². The molecule has 1 saturated heterocycles. The number of para-hydroxylation sites is 2. The van der Waals surface area contributed by atoms with Gasteiger partial charge in [-0.15, -0.1) is 0 Å². The summed E-state index contributed by atoms with van der Waals surface area (Å²) in [6.45, 7) is 7.50. The predicted molar refractivity (Wildman–Crippen MR) is 139 cm³/mol. The van der Waals surface area contributed by atoms with Gasteiger partial charge in [0.2, 0.25) is 0 Å². The van der Waals surface area contributed by atoms with Crippen LogP contribution in [0.15, 0.2) is 59.1 Å². The molecule has 1 fully saturated rings. The molecule has 2 aliphatic rings. The first-order valence-electron chi connectivity index (χ1n) is 12.1. The Morgan fingerprint density at radius 1 is 0.943 bits per heavy atom. The van der Waals surface area contributed by atoms with Crippen LogP contribution in [0.3, 0.4) is 0 Å². The Hall–Kier alpha value is -4.00. The standard InChI is InChI=1S/C28H28N4O3/c1-17(2)29-20-16-22(32-14-12-31(13-15-32)21-10-6-7-11-23(21)34-3)26-25-24(20)27(33)18-8-4-5-9-19(18)28(25)35-30-26/h4-11,16-17,29H,12-15H2,1-3H3. The summed E-state index contributed by atoms with van der Waals surface area (Å²) in [6.07, 6.45) is 0. The predicted octanol–water partition coefficient (Wildman–Crippen LogP) is 5.19. The molecule has 0 radical (unpaired) electrons. The summed E-state index contributed by atoms with van der Waals surface area (Å²) in [5.74, 6) is 1.57. The summed E-state index contributed by atoms with van der Waals surface area (Å²) >= 11 is 0. The SMILES string of the molecule is COc1ccccc1N1CCN(c2cc(NC(C)C)c3c4c(onc24)-c2ccccc2C3=O)CC1. The van der Waals surface area contributed by atoms with Crippen molar-refractivity contribution in [3.63, 3.8) is 0 Å². The normalized spacial score (nSPS) is 15.0. The minimum atomic E-state index is 0.0111. The number of piperazine rings is 1. The zero-order valence-electron chi connectivity index (χ0n) is 20.2. The highest BCUT2D eigenvalue weighted by molar-refractivity contribution is 6.28. The Labute approximate surface area is 204 Å². The van der Waals surface area contributed by atoms with Crippen LogP contribution in [0.4, 0.5) is 17.1 Å². The number of anilines is 3. The molecule has 0 bridgehead atoms. The number of hydrogen-bond acceptors (Lipinski definition) is 7. The Morgan fingerprint density at radius 3 is 2.31 bits per heavy atom. The van der Waals surface area contributed by atoms with Crippen molar-refractivity contribution < 1.29 is 14.1 Å². The van der Waals surface area contributed by atoms with Gasteiger partial charge >= 0.3 is 0 Å². The number of hydrogen-bond donors (Lipinski definition) is 1. The molecule has 1 aliphatic heterocycles. The molecule has 178 valence electrons. The average Bonchev–Trinajstić information content (AvgIpc) is 3.32. The average molecular weight is 469 g/mol. The summed E-state index contributed by atoms with van der Waals surface area (Å²) in [5.41, 5.74) is 5.80. The molecule has 1 aliphatic carbocycles. The van der Waals surface area contributed by atoms with Gasteiger partial charge in [0.25, 0.3) is 0 Å². The number of methoxy groups -OCH3 is 1. The van der Waals surface area contributed by atoms with Crippen molar-refractivity contribution >= 4 is 33.7 Å². The molecule has 4 aromatic rings. The molecule has 0 spiro atoms. The lowest BCUT2D eigenvalue weighted by molar-refractivity contribution is 0.104. The second kappa shape index (κ2) is 8.34. The maximum absolute atomic E-state index is 13.6. The first-order chi connectivity index (χ1) is 17.1. The van der Waals surface area contributed by atoms with Crippen molar-refractivity contribution in [3.8, 4) is 17.1 Å². The molecule has 35 heavy (non-hydrogen) atoms. The molecule has 6 rings (SSSR count). The smallest absolute Gasteiger partial charge is 0.196 e. The van der Waals surface area contributed by atoms with E-state index < -0.39 is 0 Å². The summed E-state index contributed by atoms with van der Waals surface area (Å²) in [7, 11) is 1.71. The van der Waals surface area contributed by atoms with Gasteiger partial charge in [-0.05, 0) is 32.0 Å². The molecule has 7 nitrogen and oxygen atoms in total. The van der Waals surface area contributed by atoms with E-state index in [9.17, 15) is 4.79 Å². The molecule has 2 heterocycles. The first kappa shape index (κ1) is 21.5. The molecule has 7 heteroatoms. The molecule has 0 atom stereocenters. The number of nitrogens with one attached hydrogen (secondary N) is 1. The third-order valence-corrected chi connectivity index (χ3v) is 6.87. The van der Waals surface area contributed by atoms with E-state index in [1.807, 2.05) is 42.5 Å². The van der Waals surface area contributed by atoms with Crippen molar-refractivity contribution in [1.29, 1.82) is 0 Å². The van der Waals surface area contributed by atoms with Crippen LogP contribution in [0.25, 0.3) is 22.2 Å². The van der Waals surface area contributed by atoms with Gasteiger partial charge in [0.1, 0.15) is 11.3 Å². The summed E-state index contributed by atoms with van der Waals surface area (Å²) in [6, 6.07) is 18.0. The molecule has 1 N–H and O–H groups in total. The van der Waals surface area contributed by atoms with Gasteiger partial charge in [0, 0.05) is 49.0 Å². The molecule has 1 aromatic heterocycles. The number of ether oxygens (including phenoxy) is 1. The van der Waals surface area contributed by atoms with Crippen LogP contribution in [-0.2, 0) is 0 Å². The fraction of sp³-hybridized carbons (Fsp3) is 0.286. The van der Waals surface area contributed by atoms with Gasteiger partial charge in [0.15, 0.2) is 11.5 Å². The fourth-order valence-electron chi connectivity index (χ4n) is 5.29. The fourth-order valence-corrected chi connectivity index (χ4v) is 5.29. The number of benzene rings is 3. The number of nitrogens with zero attached hydrogens (tertiary/aromatic N) is 3. The molecule has 0 unspecified atom stereocenters. The van der Waals surface area contributed by atoms with Crippen molar-refractivity contribution in [1.82, 2.24) is 5.16 Å². The highest BCUT2D eigenvalue weighted by Gasteiger charge is 2.34. The van der Waals surface area contributed by atoms with Crippen molar-refractivity contribution in [3.05, 3.63) is 65.7 Å². The molecule has 0 saturated carbocycles. The molecule has 0 amide bonds. The Balaban J connectivity index is 1.42. The second-order valence-corrected chi connectivity index (χ2v) is 9.37. The van der Waals surface area contributed by atoms with E-state index >= 15 is 0 Å². The maximum atomic E-state index is 13.6. The number of aromatic nitrogens is 1. The first-order valence-corrected chi connectivity index (χ1v) is 12.1. The van der Waals surface area contributed by atoms with Crippen LogP contribution in [0.5, 0.6) is 5.75 Å². The van der Waals surface area contributed by atoms with Gasteiger partial charge in [-0.1, -0.05) is 41.6 Å². The van der Waals surface area contributed by atoms with Crippen LogP contribution in [0.2, 0.25) is 0 Å². The lowest BCUT2D eigenvalue weighted by Gasteiger charge is -2.38. The molecule has 3 aromatic carbocycles. The monoisotopic (exact) mass is 468 g/mol. The van der Waals surface area contributed by atoms with E-state index in [4.69, 9.17) is 9.26 Å². The van der Waals surface area contributed by atoms with Gasteiger partial charge < -0.3 is 24.4 Å². The van der Waals surface area contributed by atoms with Crippen molar-refractivity contribution in [2.45, 2.75) is 19.9 Å². The third kappa shape index (κ3) is 3.41. The van der Waals surface area contributed by atoms with E-state index in [1.165, 1.54) is 0 Å². The Bertz CT molecular complexity index is 1430. The number of ketones is 1. The quantitative estimate of drug-likeness (QED) is 0.380. The summed E-state index contributed by atoms with van der Waals surface area (Å²) in [5, 5.41) is 8.81. The number of carbonyl (C=O) groups excluding carboxylic acids is 1. The Morgan fingerprint density at radius 2 is 1.60 bits per heavy atom. The lowest BCUT2D eigenvalue weighted by Crippen LogP contribution is -2.46. The van der Waals surface area contributed by atoms with Crippen molar-refractivity contribution in [2.75, 3.05) is 48.4 Å². The van der Waals surface area contributed by atoms with E-state index in [1.54, 1.807) is 7.11 Å². The molecular formula is C28H28N4O3. The van der Waals surface area contributed by atoms with Gasteiger partial charge in [-0.2, -0.15) is 0 Å². The van der Waals surface area contributed by atoms with Crippen LogP contribution in [-0.4, -0.2) is 50.3 Å². The van der Waals surface area contributed by atoms with E-state index in [0.29, 0.717) is 16.9 Å². The van der Waals surface area contributed by atoms with Crippen LogP contribution in [0, 0.1) is 0 Å². The highest BCUT2D eigenvalue weighted by Crippen LogP contribution is 2.46. The maximum Gasteiger partial charge on any atom is 0.196 e. The third-order valence-electron chi connectivity index (χ3n) is 6.87. The lowest BCUT2D eigenvalue weighted by atomic mass is 9.86. The zero-order valence-corrected chi connectivity index (χ0v) is 20.2. The van der Waals surface area contributed by atoms with Crippen LogP contribution < -0.4 is 19.9 Å². The van der Waals surface area contributed by atoms with Crippen LogP contribution >= 0.6 is 0 Å². The summed E-state index contributed by atoms with van der Waals surface area (Å²) in [4.78, 5) is 18.3. The minimum absolute atomic E-state index is 0.0111. The van der Waals surface area contributed by atoms with Crippen LogP contribution in [0.1, 0.15) is 29.8 Å².